The number of anilines is 1. The van der Waals surface area contributed by atoms with Crippen LogP contribution in [0, 0.1) is 0 Å². The van der Waals surface area contributed by atoms with Crippen molar-refractivity contribution in [3.05, 3.63) is 64.3 Å². The number of amides is 1. The van der Waals surface area contributed by atoms with E-state index in [-0.39, 0.29) is 5.91 Å². The fourth-order valence-electron chi connectivity index (χ4n) is 1.99. The Kier molecular flexibility index (Phi) is 3.38. The summed E-state index contributed by atoms with van der Waals surface area (Å²) in [4.78, 5) is 15.2. The van der Waals surface area contributed by atoms with Crippen molar-refractivity contribution in [2.45, 2.75) is 0 Å². The van der Waals surface area contributed by atoms with Crippen LogP contribution in [-0.4, -0.2) is 10.9 Å². The van der Waals surface area contributed by atoms with Crippen LogP contribution < -0.4 is 5.32 Å². The molecule has 3 nitrogen and oxygen atoms in total. The lowest BCUT2D eigenvalue weighted by Gasteiger charge is -2.05. The zero-order valence-corrected chi connectivity index (χ0v) is 11.8. The molecule has 0 bridgehead atoms. The van der Waals surface area contributed by atoms with Crippen LogP contribution in [0.1, 0.15) is 10.5 Å². The number of H-pyrrole nitrogens is 1. The molecule has 0 spiro atoms. The first-order valence-corrected chi connectivity index (χ1v) is 6.74. The van der Waals surface area contributed by atoms with Crippen molar-refractivity contribution in [2.75, 3.05) is 5.32 Å². The molecule has 0 aliphatic rings. The molecule has 0 aliphatic heterocycles. The smallest absolute Gasteiger partial charge is 0.272 e. The van der Waals surface area contributed by atoms with Crippen molar-refractivity contribution in [1.82, 2.24) is 4.98 Å². The minimum absolute atomic E-state index is 0.259. The van der Waals surface area contributed by atoms with Gasteiger partial charge in [-0.1, -0.05) is 47.5 Å². The zero-order valence-electron chi connectivity index (χ0n) is 10.3. The molecule has 0 radical (unpaired) electrons. The normalized spacial score (nSPS) is 10.7. The van der Waals surface area contributed by atoms with Gasteiger partial charge in [0.05, 0.1) is 21.2 Å². The first kappa shape index (κ1) is 13.0. The number of hydrogen-bond donors (Lipinski definition) is 2. The highest BCUT2D eigenvalue weighted by molar-refractivity contribution is 6.35. The van der Waals surface area contributed by atoms with E-state index in [4.69, 9.17) is 23.2 Å². The lowest BCUT2D eigenvalue weighted by atomic mass is 10.2. The highest BCUT2D eigenvalue weighted by Crippen LogP contribution is 2.25. The van der Waals surface area contributed by atoms with Gasteiger partial charge in [0.25, 0.3) is 5.91 Å². The van der Waals surface area contributed by atoms with Crippen LogP contribution in [0.15, 0.2) is 48.5 Å². The van der Waals surface area contributed by atoms with Crippen LogP contribution in [0.5, 0.6) is 0 Å². The van der Waals surface area contributed by atoms with E-state index in [0.717, 1.165) is 10.9 Å². The Hall–Kier alpha value is -1.97. The van der Waals surface area contributed by atoms with E-state index >= 15 is 0 Å². The van der Waals surface area contributed by atoms with Gasteiger partial charge in [-0.05, 0) is 24.3 Å². The highest BCUT2D eigenvalue weighted by atomic mass is 35.5. The summed E-state index contributed by atoms with van der Waals surface area (Å²) in [6, 6.07) is 14.3. The third kappa shape index (κ3) is 2.38. The summed E-state index contributed by atoms with van der Waals surface area (Å²) in [5, 5.41) is 4.73. The molecule has 1 amide bonds. The topological polar surface area (TPSA) is 44.9 Å². The largest absolute Gasteiger partial charge is 0.349 e. The zero-order chi connectivity index (χ0) is 14.1. The van der Waals surface area contributed by atoms with Crippen LogP contribution in [-0.2, 0) is 0 Å². The van der Waals surface area contributed by atoms with Gasteiger partial charge in [0.15, 0.2) is 0 Å². The quantitative estimate of drug-likeness (QED) is 0.706. The molecule has 5 heteroatoms. The van der Waals surface area contributed by atoms with Crippen molar-refractivity contribution in [3.8, 4) is 0 Å². The van der Waals surface area contributed by atoms with Crippen LogP contribution in [0.2, 0.25) is 10.0 Å². The SMILES string of the molecule is O=C(Nc1ccccc1Cl)c1cc2cccc(Cl)c2[nH]1. The molecule has 2 N–H and O–H groups in total. The van der Waals surface area contributed by atoms with E-state index in [0.29, 0.717) is 21.4 Å². The van der Waals surface area contributed by atoms with Crippen LogP contribution >= 0.6 is 23.2 Å². The Balaban J connectivity index is 1.93. The summed E-state index contributed by atoms with van der Waals surface area (Å²) in [5.41, 5.74) is 1.76. The van der Waals surface area contributed by atoms with Crippen LogP contribution in [0.4, 0.5) is 5.69 Å². The monoisotopic (exact) mass is 304 g/mol. The number of para-hydroxylation sites is 2. The third-order valence-corrected chi connectivity index (χ3v) is 3.62. The van der Waals surface area contributed by atoms with Crippen molar-refractivity contribution in [3.63, 3.8) is 0 Å². The first-order chi connectivity index (χ1) is 9.65. The number of benzene rings is 2. The maximum absolute atomic E-state index is 12.2. The lowest BCUT2D eigenvalue weighted by molar-refractivity contribution is 0.102. The molecule has 0 aliphatic carbocycles. The van der Waals surface area contributed by atoms with Gasteiger partial charge in [-0.25, -0.2) is 0 Å². The summed E-state index contributed by atoms with van der Waals surface area (Å²) < 4.78 is 0. The summed E-state index contributed by atoms with van der Waals surface area (Å²) in [5.74, 6) is -0.259. The fraction of sp³-hybridized carbons (Fsp3) is 0. The number of carbonyl (C=O) groups is 1. The first-order valence-electron chi connectivity index (χ1n) is 5.98. The van der Waals surface area contributed by atoms with E-state index in [9.17, 15) is 4.79 Å². The Bertz CT molecular complexity index is 795. The Morgan fingerprint density at radius 2 is 1.75 bits per heavy atom. The molecule has 0 atom stereocenters. The lowest BCUT2D eigenvalue weighted by Crippen LogP contribution is -2.12. The van der Waals surface area contributed by atoms with Crippen molar-refractivity contribution in [2.24, 2.45) is 0 Å². The van der Waals surface area contributed by atoms with Crippen molar-refractivity contribution in [1.29, 1.82) is 0 Å². The second-order valence-corrected chi connectivity index (χ2v) is 5.14. The van der Waals surface area contributed by atoms with E-state index in [1.807, 2.05) is 18.2 Å². The summed E-state index contributed by atoms with van der Waals surface area (Å²) in [6.45, 7) is 0. The maximum atomic E-state index is 12.2. The molecular weight excluding hydrogens is 295 g/mol. The van der Waals surface area contributed by atoms with E-state index < -0.39 is 0 Å². The average molecular weight is 305 g/mol. The Morgan fingerprint density at radius 1 is 1.00 bits per heavy atom. The van der Waals surface area contributed by atoms with E-state index in [2.05, 4.69) is 10.3 Å². The average Bonchev–Trinajstić information content (AvgIpc) is 2.87. The fourth-order valence-corrected chi connectivity index (χ4v) is 2.41. The number of carbonyl (C=O) groups excluding carboxylic acids is 1. The molecule has 0 saturated heterocycles. The number of fused-ring (bicyclic) bond motifs is 1. The van der Waals surface area contributed by atoms with Gasteiger partial charge in [-0.3, -0.25) is 4.79 Å². The van der Waals surface area contributed by atoms with Gasteiger partial charge in [-0.15, -0.1) is 0 Å². The van der Waals surface area contributed by atoms with Gasteiger partial charge in [0.2, 0.25) is 0 Å². The molecule has 3 rings (SSSR count). The van der Waals surface area contributed by atoms with Gasteiger partial charge in [-0.2, -0.15) is 0 Å². The van der Waals surface area contributed by atoms with Crippen molar-refractivity contribution < 1.29 is 4.79 Å². The second-order valence-electron chi connectivity index (χ2n) is 4.32. The molecule has 1 heterocycles. The van der Waals surface area contributed by atoms with E-state index in [1.165, 1.54) is 0 Å². The molecule has 100 valence electrons. The molecule has 20 heavy (non-hydrogen) atoms. The van der Waals surface area contributed by atoms with Crippen LogP contribution in [0.3, 0.4) is 0 Å². The maximum Gasteiger partial charge on any atom is 0.272 e. The summed E-state index contributed by atoms with van der Waals surface area (Å²) in [7, 11) is 0. The van der Waals surface area contributed by atoms with Gasteiger partial charge >= 0.3 is 0 Å². The van der Waals surface area contributed by atoms with Crippen LogP contribution in [0.25, 0.3) is 10.9 Å². The number of hydrogen-bond acceptors (Lipinski definition) is 1. The summed E-state index contributed by atoms with van der Waals surface area (Å²) >= 11 is 12.1. The minimum Gasteiger partial charge on any atom is -0.349 e. The molecule has 3 aromatic rings. The van der Waals surface area contributed by atoms with Crippen molar-refractivity contribution >= 4 is 45.7 Å². The Morgan fingerprint density at radius 3 is 2.50 bits per heavy atom. The second kappa shape index (κ2) is 5.19. The van der Waals surface area contributed by atoms with Gasteiger partial charge in [0, 0.05) is 5.39 Å². The number of rotatable bonds is 2. The van der Waals surface area contributed by atoms with Gasteiger partial charge in [0.1, 0.15) is 5.69 Å². The van der Waals surface area contributed by atoms with Gasteiger partial charge < -0.3 is 10.3 Å². The Labute approximate surface area is 125 Å². The standard InChI is InChI=1S/C15H10Cl2N2O/c16-10-5-1-2-7-12(10)19-15(20)13-8-9-4-3-6-11(17)14(9)18-13/h1-8,18H,(H,19,20). The van der Waals surface area contributed by atoms with E-state index in [1.54, 1.807) is 30.3 Å². The summed E-state index contributed by atoms with van der Waals surface area (Å²) in [6.07, 6.45) is 0. The third-order valence-electron chi connectivity index (χ3n) is 2.97. The highest BCUT2D eigenvalue weighted by Gasteiger charge is 2.12. The molecule has 0 fully saturated rings. The molecule has 2 aromatic carbocycles. The molecule has 0 saturated carbocycles. The molecule has 0 unspecified atom stereocenters. The number of aromatic amines is 1. The molecular formula is C15H10Cl2N2O. The predicted octanol–water partition coefficient (Wildman–Crippen LogP) is 4.73. The number of nitrogens with one attached hydrogen (secondary N) is 2. The minimum atomic E-state index is -0.259. The number of aromatic nitrogens is 1. The predicted molar refractivity (Wildman–Crippen MR) is 82.7 cm³/mol. The molecule has 1 aromatic heterocycles. The number of halogens is 2.